The minimum atomic E-state index is -0.262. The van der Waals surface area contributed by atoms with Crippen LogP contribution in [0.4, 0.5) is 0 Å². The lowest BCUT2D eigenvalue weighted by Crippen LogP contribution is -2.58. The Morgan fingerprint density at radius 1 is 1.16 bits per heavy atom. The molecular weight excluding hydrogens is 505 g/mol. The lowest BCUT2D eigenvalue weighted by atomic mass is 9.88. The van der Waals surface area contributed by atoms with E-state index < -0.39 is 0 Å². The molecule has 0 saturated carbocycles. The molecule has 1 fully saturated rings. The molecule has 176 valence electrons. The summed E-state index contributed by atoms with van der Waals surface area (Å²) in [4.78, 5) is 16.6. The van der Waals surface area contributed by atoms with Crippen LogP contribution in [-0.4, -0.2) is 55.8 Å². The van der Waals surface area contributed by atoms with Crippen LogP contribution in [-0.2, 0) is 9.53 Å². The quantitative estimate of drug-likeness (QED) is 0.229. The van der Waals surface area contributed by atoms with Crippen molar-refractivity contribution in [3.05, 3.63) is 35.9 Å². The monoisotopic (exact) mass is 545 g/mol. The third kappa shape index (κ3) is 10.2. The topological polar surface area (TPSA) is 86.8 Å². The Bertz CT molecular complexity index is 685. The van der Waals surface area contributed by atoms with Crippen LogP contribution >= 0.6 is 24.0 Å². The largest absolute Gasteiger partial charge is 0.381 e. The Morgan fingerprint density at radius 3 is 2.39 bits per heavy atom. The van der Waals surface area contributed by atoms with Gasteiger partial charge in [-0.15, -0.1) is 24.0 Å². The van der Waals surface area contributed by atoms with E-state index in [4.69, 9.17) is 4.74 Å². The van der Waals surface area contributed by atoms with Gasteiger partial charge in [0.05, 0.1) is 0 Å². The molecule has 0 bridgehead atoms. The number of ether oxygens (including phenoxy) is 1. The maximum Gasteiger partial charge on any atom is 0.242 e. The molecule has 0 radical (unpaired) electrons. The van der Waals surface area contributed by atoms with Crippen LogP contribution in [0.25, 0.3) is 0 Å². The number of halogens is 1. The lowest BCUT2D eigenvalue weighted by molar-refractivity contribution is -0.121. The predicted molar refractivity (Wildman–Crippen MR) is 138 cm³/mol. The van der Waals surface area contributed by atoms with Gasteiger partial charge in [0.25, 0.3) is 0 Å². The number of hydrogen-bond acceptors (Lipinski definition) is 4. The molecule has 1 aromatic carbocycles. The Labute approximate surface area is 204 Å². The molecule has 1 aromatic rings. The third-order valence-electron chi connectivity index (χ3n) is 5.11. The van der Waals surface area contributed by atoms with Gasteiger partial charge in [0.2, 0.25) is 5.91 Å². The molecule has 1 saturated heterocycles. The van der Waals surface area contributed by atoms with Gasteiger partial charge in [-0.2, -0.15) is 0 Å². The Morgan fingerprint density at radius 2 is 1.81 bits per heavy atom. The second-order valence-corrected chi connectivity index (χ2v) is 9.02. The third-order valence-corrected chi connectivity index (χ3v) is 5.11. The fourth-order valence-corrected chi connectivity index (χ4v) is 3.62. The van der Waals surface area contributed by atoms with E-state index >= 15 is 0 Å². The average molecular weight is 546 g/mol. The molecule has 2 rings (SSSR count). The van der Waals surface area contributed by atoms with E-state index in [2.05, 4.69) is 57.4 Å². The Balaban J connectivity index is 0.00000480. The van der Waals surface area contributed by atoms with Crippen molar-refractivity contribution >= 4 is 35.8 Å². The van der Waals surface area contributed by atoms with Crippen molar-refractivity contribution in [2.45, 2.75) is 64.6 Å². The Hall–Kier alpha value is -1.39. The van der Waals surface area contributed by atoms with Crippen molar-refractivity contribution < 1.29 is 9.53 Å². The summed E-state index contributed by atoms with van der Waals surface area (Å²) >= 11 is 0. The maximum absolute atomic E-state index is 12.1. The maximum atomic E-state index is 12.1. The van der Waals surface area contributed by atoms with Gasteiger partial charge in [0.1, 0.15) is 6.54 Å². The summed E-state index contributed by atoms with van der Waals surface area (Å²) in [7, 11) is 0. The Kier molecular flexibility index (Phi) is 11.8. The summed E-state index contributed by atoms with van der Waals surface area (Å²) in [6.07, 6.45) is 1.84. The number of benzene rings is 1. The summed E-state index contributed by atoms with van der Waals surface area (Å²) in [6.45, 7) is 13.1. The molecule has 0 spiro atoms. The molecule has 1 unspecified atom stereocenters. The molecule has 1 atom stereocenters. The molecule has 8 heteroatoms. The van der Waals surface area contributed by atoms with Gasteiger partial charge in [0.15, 0.2) is 5.96 Å². The highest BCUT2D eigenvalue weighted by atomic mass is 127. The van der Waals surface area contributed by atoms with Gasteiger partial charge < -0.3 is 26.0 Å². The zero-order valence-corrected chi connectivity index (χ0v) is 21.9. The smallest absolute Gasteiger partial charge is 0.242 e. The molecular formula is C23H40IN5O2. The molecule has 1 aliphatic heterocycles. The molecule has 1 aliphatic rings. The van der Waals surface area contributed by atoms with E-state index in [1.807, 2.05) is 33.8 Å². The standard InChI is InChI=1S/C23H39N5O2.HI/c1-6-24-21(25-16-20(29)28-22(3,4)5)26-17-23(12-14-30-15-13-23)27-18(2)19-10-8-7-9-11-19;/h7-11,18,27H,6,12-17H2,1-5H3,(H,28,29)(H2,24,25,26);1H. The lowest BCUT2D eigenvalue weighted by Gasteiger charge is -2.41. The van der Waals surface area contributed by atoms with Gasteiger partial charge in [-0.05, 0) is 53.0 Å². The molecule has 0 aliphatic carbocycles. The number of aliphatic imine (C=N–C) groups is 1. The van der Waals surface area contributed by atoms with Crippen LogP contribution in [0.5, 0.6) is 0 Å². The molecule has 1 heterocycles. The number of nitrogens with one attached hydrogen (secondary N) is 4. The summed E-state index contributed by atoms with van der Waals surface area (Å²) in [5.74, 6) is 0.567. The van der Waals surface area contributed by atoms with E-state index in [-0.39, 0.29) is 53.5 Å². The van der Waals surface area contributed by atoms with Gasteiger partial charge >= 0.3 is 0 Å². The van der Waals surface area contributed by atoms with Crippen LogP contribution in [0.2, 0.25) is 0 Å². The second kappa shape index (κ2) is 13.2. The highest BCUT2D eigenvalue weighted by molar-refractivity contribution is 14.0. The van der Waals surface area contributed by atoms with Gasteiger partial charge in [-0.25, -0.2) is 4.99 Å². The molecule has 0 aromatic heterocycles. The van der Waals surface area contributed by atoms with Crippen LogP contribution in [0.15, 0.2) is 35.3 Å². The number of amides is 1. The number of carbonyl (C=O) groups excluding carboxylic acids is 1. The van der Waals surface area contributed by atoms with Crippen LogP contribution in [0.1, 0.15) is 59.1 Å². The van der Waals surface area contributed by atoms with Gasteiger partial charge in [-0.3, -0.25) is 4.79 Å². The van der Waals surface area contributed by atoms with Crippen LogP contribution in [0.3, 0.4) is 0 Å². The van der Waals surface area contributed by atoms with Crippen molar-refractivity contribution in [2.24, 2.45) is 4.99 Å². The molecule has 7 nitrogen and oxygen atoms in total. The molecule has 4 N–H and O–H groups in total. The first-order valence-electron chi connectivity index (χ1n) is 11.0. The highest BCUT2D eigenvalue weighted by Crippen LogP contribution is 2.25. The van der Waals surface area contributed by atoms with E-state index in [1.54, 1.807) is 0 Å². The minimum Gasteiger partial charge on any atom is -0.381 e. The van der Waals surface area contributed by atoms with Crippen molar-refractivity contribution in [3.8, 4) is 0 Å². The fraction of sp³-hybridized carbons (Fsp3) is 0.652. The van der Waals surface area contributed by atoms with Crippen molar-refractivity contribution in [1.82, 2.24) is 21.3 Å². The van der Waals surface area contributed by atoms with E-state index in [0.717, 1.165) is 32.6 Å². The summed E-state index contributed by atoms with van der Waals surface area (Å²) < 4.78 is 5.63. The first-order chi connectivity index (χ1) is 14.2. The van der Waals surface area contributed by atoms with Crippen molar-refractivity contribution in [2.75, 3.05) is 32.8 Å². The number of hydrogen-bond donors (Lipinski definition) is 4. The fourth-order valence-electron chi connectivity index (χ4n) is 3.62. The van der Waals surface area contributed by atoms with Gasteiger partial charge in [-0.1, -0.05) is 30.3 Å². The SMILES string of the molecule is CCNC(=NCC(=O)NC(C)(C)C)NCC1(NC(C)c2ccccc2)CCOCC1.I. The number of carbonyl (C=O) groups is 1. The normalized spacial score (nSPS) is 17.3. The summed E-state index contributed by atoms with van der Waals surface area (Å²) in [6, 6.07) is 10.7. The highest BCUT2D eigenvalue weighted by Gasteiger charge is 2.34. The zero-order chi connectivity index (χ0) is 22.0. The second-order valence-electron chi connectivity index (χ2n) is 9.02. The van der Waals surface area contributed by atoms with Gasteiger partial charge in [0, 0.05) is 43.4 Å². The van der Waals surface area contributed by atoms with Crippen LogP contribution < -0.4 is 21.3 Å². The first-order valence-corrected chi connectivity index (χ1v) is 11.0. The van der Waals surface area contributed by atoms with E-state index in [1.165, 1.54) is 5.56 Å². The number of rotatable bonds is 8. The van der Waals surface area contributed by atoms with E-state index in [9.17, 15) is 4.79 Å². The predicted octanol–water partition coefficient (Wildman–Crippen LogP) is 2.97. The minimum absolute atomic E-state index is 0. The molecule has 1 amide bonds. The zero-order valence-electron chi connectivity index (χ0n) is 19.6. The average Bonchev–Trinajstić information content (AvgIpc) is 2.70. The molecule has 31 heavy (non-hydrogen) atoms. The number of nitrogens with zero attached hydrogens (tertiary/aromatic N) is 1. The first kappa shape index (κ1) is 27.6. The van der Waals surface area contributed by atoms with Crippen molar-refractivity contribution in [3.63, 3.8) is 0 Å². The summed E-state index contributed by atoms with van der Waals surface area (Å²) in [5, 5.41) is 13.5. The van der Waals surface area contributed by atoms with E-state index in [0.29, 0.717) is 12.5 Å². The summed E-state index contributed by atoms with van der Waals surface area (Å²) in [5.41, 5.74) is 0.905. The van der Waals surface area contributed by atoms with Crippen molar-refractivity contribution in [1.29, 1.82) is 0 Å². The number of guanidine groups is 1. The van der Waals surface area contributed by atoms with Crippen LogP contribution in [0, 0.1) is 0 Å².